The highest BCUT2D eigenvalue weighted by atomic mass is 79.9. The van der Waals surface area contributed by atoms with Crippen molar-refractivity contribution in [2.75, 3.05) is 32.8 Å². The Labute approximate surface area is 224 Å². The van der Waals surface area contributed by atoms with Gasteiger partial charge in [-0.1, -0.05) is 70.6 Å². The summed E-state index contributed by atoms with van der Waals surface area (Å²) in [5.41, 5.74) is 3.41. The van der Waals surface area contributed by atoms with E-state index in [4.69, 9.17) is 21.7 Å². The Bertz CT molecular complexity index is 1100. The smallest absolute Gasteiger partial charge is 0.175 e. The Morgan fingerprint density at radius 1 is 0.882 bits per heavy atom. The molecule has 4 nitrogen and oxygen atoms in total. The van der Waals surface area contributed by atoms with Crippen molar-refractivity contribution in [2.24, 2.45) is 0 Å². The first kappa shape index (κ1) is 25.2. The number of ether oxygens (including phenoxy) is 2. The lowest BCUT2D eigenvalue weighted by Gasteiger charge is -2.36. The van der Waals surface area contributed by atoms with Gasteiger partial charge in [-0.2, -0.15) is 0 Å². The Kier molecular flexibility index (Phi) is 9.00. The predicted octanol–water partition coefficient (Wildman–Crippen LogP) is 6.68. The van der Waals surface area contributed by atoms with Crippen molar-refractivity contribution < 1.29 is 9.47 Å². The molecule has 0 atom stereocenters. The molecular weight excluding hydrogens is 576 g/mol. The Morgan fingerprint density at radius 3 is 2.26 bits per heavy atom. The fourth-order valence-electron chi connectivity index (χ4n) is 3.96. The van der Waals surface area contributed by atoms with Crippen molar-refractivity contribution in [3.05, 3.63) is 92.4 Å². The number of piperazine rings is 1. The van der Waals surface area contributed by atoms with Gasteiger partial charge < -0.3 is 14.4 Å². The van der Waals surface area contributed by atoms with Crippen molar-refractivity contribution in [2.45, 2.75) is 20.1 Å². The van der Waals surface area contributed by atoms with Crippen LogP contribution in [0.5, 0.6) is 11.5 Å². The molecule has 3 aromatic rings. The van der Waals surface area contributed by atoms with Gasteiger partial charge in [0.25, 0.3) is 0 Å². The summed E-state index contributed by atoms with van der Waals surface area (Å²) >= 11 is 13.1. The van der Waals surface area contributed by atoms with Gasteiger partial charge in [0.1, 0.15) is 11.6 Å². The number of hydrogen-bond acceptors (Lipinski definition) is 4. The lowest BCUT2D eigenvalue weighted by molar-refractivity contribution is 0.177. The molecule has 0 spiro atoms. The normalized spacial score (nSPS) is 14.1. The number of hydrogen-bond donors (Lipinski definition) is 0. The molecule has 1 aliphatic heterocycles. The van der Waals surface area contributed by atoms with E-state index < -0.39 is 0 Å². The van der Waals surface area contributed by atoms with Crippen LogP contribution in [0.3, 0.4) is 0 Å². The highest BCUT2D eigenvalue weighted by molar-refractivity contribution is 9.10. The first-order valence-corrected chi connectivity index (χ1v) is 13.4. The van der Waals surface area contributed by atoms with Gasteiger partial charge in [0.15, 0.2) is 11.5 Å². The van der Waals surface area contributed by atoms with Crippen molar-refractivity contribution in [3.63, 3.8) is 0 Å². The molecule has 1 heterocycles. The summed E-state index contributed by atoms with van der Waals surface area (Å²) in [4.78, 5) is 5.62. The average Bonchev–Trinajstić information content (AvgIpc) is 2.85. The second-order valence-corrected chi connectivity index (χ2v) is 10.3. The third-order valence-corrected chi connectivity index (χ3v) is 7.37. The monoisotopic (exact) mass is 602 g/mol. The van der Waals surface area contributed by atoms with Gasteiger partial charge >= 0.3 is 0 Å². The number of thiocarbonyl (C=S) groups is 1. The van der Waals surface area contributed by atoms with Gasteiger partial charge in [-0.15, -0.1) is 0 Å². The molecule has 3 aromatic carbocycles. The van der Waals surface area contributed by atoms with Crippen molar-refractivity contribution in [1.82, 2.24) is 9.80 Å². The van der Waals surface area contributed by atoms with Crippen LogP contribution in [-0.4, -0.2) is 47.6 Å². The van der Waals surface area contributed by atoms with Gasteiger partial charge in [0.05, 0.1) is 11.1 Å². The maximum Gasteiger partial charge on any atom is 0.175 e. The molecule has 0 radical (unpaired) electrons. The van der Waals surface area contributed by atoms with Crippen LogP contribution in [0, 0.1) is 0 Å². The van der Waals surface area contributed by atoms with Gasteiger partial charge in [-0.25, -0.2) is 0 Å². The van der Waals surface area contributed by atoms with Gasteiger partial charge in [0, 0.05) is 42.8 Å². The average molecular weight is 604 g/mol. The molecule has 1 saturated heterocycles. The second-order valence-electron chi connectivity index (χ2n) is 8.19. The van der Waals surface area contributed by atoms with E-state index in [-0.39, 0.29) is 0 Å². The number of halogens is 2. The van der Waals surface area contributed by atoms with Crippen LogP contribution in [0.15, 0.2) is 75.7 Å². The fourth-order valence-corrected chi connectivity index (χ4v) is 5.09. The summed E-state index contributed by atoms with van der Waals surface area (Å²) < 4.78 is 14.0. The van der Waals surface area contributed by atoms with Crippen LogP contribution in [0.1, 0.15) is 23.6 Å². The van der Waals surface area contributed by atoms with Crippen LogP contribution < -0.4 is 9.47 Å². The topological polar surface area (TPSA) is 24.9 Å². The Morgan fingerprint density at radius 2 is 1.59 bits per heavy atom. The molecule has 34 heavy (non-hydrogen) atoms. The van der Waals surface area contributed by atoms with Crippen molar-refractivity contribution >= 4 is 49.1 Å². The molecule has 0 unspecified atom stereocenters. The Balaban J connectivity index is 1.42. The van der Waals surface area contributed by atoms with E-state index in [1.165, 1.54) is 5.56 Å². The quantitative estimate of drug-likeness (QED) is 0.267. The summed E-state index contributed by atoms with van der Waals surface area (Å²) in [6, 6.07) is 22.8. The van der Waals surface area contributed by atoms with Crippen molar-refractivity contribution in [1.29, 1.82) is 0 Å². The SMILES string of the molecule is CCOc1cc(C(=S)N2CCN(Cc3ccccc3)CC2)cc(Br)c1OCc1ccc(Br)cc1. The summed E-state index contributed by atoms with van der Waals surface area (Å²) in [5.74, 6) is 1.40. The number of benzene rings is 3. The maximum absolute atomic E-state index is 6.15. The predicted molar refractivity (Wildman–Crippen MR) is 149 cm³/mol. The minimum atomic E-state index is 0.457. The molecule has 1 fully saturated rings. The molecule has 178 valence electrons. The maximum atomic E-state index is 6.15. The minimum absolute atomic E-state index is 0.457. The molecule has 7 heteroatoms. The first-order chi connectivity index (χ1) is 16.5. The summed E-state index contributed by atoms with van der Waals surface area (Å²) in [6.07, 6.45) is 0. The highest BCUT2D eigenvalue weighted by Gasteiger charge is 2.22. The molecular formula is C27H28Br2N2O2S. The largest absolute Gasteiger partial charge is 0.490 e. The van der Waals surface area contributed by atoms with E-state index in [9.17, 15) is 0 Å². The van der Waals surface area contributed by atoms with Crippen molar-refractivity contribution in [3.8, 4) is 11.5 Å². The van der Waals surface area contributed by atoms with Gasteiger partial charge in [-0.05, 0) is 58.2 Å². The highest BCUT2D eigenvalue weighted by Crippen LogP contribution is 2.38. The van der Waals surface area contributed by atoms with E-state index in [2.05, 4.69) is 72.0 Å². The summed E-state index contributed by atoms with van der Waals surface area (Å²) in [5, 5.41) is 0. The van der Waals surface area contributed by atoms with Gasteiger partial charge in [0.2, 0.25) is 0 Å². The van der Waals surface area contributed by atoms with E-state index >= 15 is 0 Å². The standard InChI is InChI=1S/C27H28Br2N2O2S/c1-2-32-25-17-22(16-24(29)26(25)33-19-21-8-10-23(28)11-9-21)27(34)31-14-12-30(13-15-31)18-20-6-4-3-5-7-20/h3-11,16-17H,2,12-15,18-19H2,1H3. The lowest BCUT2D eigenvalue weighted by atomic mass is 10.1. The summed E-state index contributed by atoms with van der Waals surface area (Å²) in [6.45, 7) is 7.76. The van der Waals surface area contributed by atoms with E-state index in [1.807, 2.05) is 43.3 Å². The third-order valence-electron chi connectivity index (χ3n) is 5.76. The van der Waals surface area contributed by atoms with E-state index in [1.54, 1.807) is 0 Å². The van der Waals surface area contributed by atoms with E-state index in [0.29, 0.717) is 24.7 Å². The number of rotatable bonds is 8. The zero-order valence-corrected chi connectivity index (χ0v) is 23.2. The molecule has 0 bridgehead atoms. The minimum Gasteiger partial charge on any atom is -0.490 e. The van der Waals surface area contributed by atoms with Crippen LogP contribution in [0.2, 0.25) is 0 Å². The van der Waals surface area contributed by atoms with Crippen LogP contribution in [0.4, 0.5) is 0 Å². The molecule has 0 amide bonds. The lowest BCUT2D eigenvalue weighted by Crippen LogP contribution is -2.48. The van der Waals surface area contributed by atoms with Crippen LogP contribution in [-0.2, 0) is 13.2 Å². The molecule has 0 aliphatic carbocycles. The second kappa shape index (κ2) is 12.2. The molecule has 1 aliphatic rings. The first-order valence-electron chi connectivity index (χ1n) is 11.4. The molecule has 0 aromatic heterocycles. The van der Waals surface area contributed by atoms with Crippen LogP contribution >= 0.6 is 44.1 Å². The van der Waals surface area contributed by atoms with Gasteiger partial charge in [-0.3, -0.25) is 4.90 Å². The molecule has 0 saturated carbocycles. The van der Waals surface area contributed by atoms with Crippen LogP contribution in [0.25, 0.3) is 0 Å². The third kappa shape index (κ3) is 6.60. The number of nitrogens with zero attached hydrogens (tertiary/aromatic N) is 2. The fraction of sp³-hybridized carbons (Fsp3) is 0.296. The Hall–Kier alpha value is -1.93. The zero-order valence-electron chi connectivity index (χ0n) is 19.2. The van der Waals surface area contributed by atoms with E-state index in [0.717, 1.165) is 57.8 Å². The summed E-state index contributed by atoms with van der Waals surface area (Å²) in [7, 11) is 0. The zero-order chi connectivity index (χ0) is 23.9. The molecule has 0 N–H and O–H groups in total. The molecule has 4 rings (SSSR count).